The Hall–Kier alpha value is -0.120. The Balaban J connectivity index is 1.83. The molecule has 2 aliphatic rings. The predicted molar refractivity (Wildman–Crippen MR) is 71.1 cm³/mol. The lowest BCUT2D eigenvalue weighted by atomic mass is 9.97. The molecule has 2 rings (SSSR count). The second kappa shape index (κ2) is 5.68. The van der Waals surface area contributed by atoms with Gasteiger partial charge < -0.3 is 10.4 Å². The third kappa shape index (κ3) is 4.23. The smallest absolute Gasteiger partial charge is 0.0743 e. The van der Waals surface area contributed by atoms with Crippen molar-refractivity contribution in [2.75, 3.05) is 26.2 Å². The number of hydrogen-bond acceptors (Lipinski definition) is 3. The Bertz CT molecular complexity index is 232. The van der Waals surface area contributed by atoms with Crippen LogP contribution in [0.25, 0.3) is 0 Å². The highest BCUT2D eigenvalue weighted by Gasteiger charge is 2.34. The number of aliphatic hydroxyl groups is 1. The van der Waals surface area contributed by atoms with Gasteiger partial charge in [-0.15, -0.1) is 0 Å². The molecule has 2 unspecified atom stereocenters. The van der Waals surface area contributed by atoms with Crippen molar-refractivity contribution < 1.29 is 5.11 Å². The minimum atomic E-state index is -0.509. The van der Waals surface area contributed by atoms with E-state index in [4.69, 9.17) is 0 Å². The average molecular weight is 240 g/mol. The molecule has 0 aromatic heterocycles. The lowest BCUT2D eigenvalue weighted by Gasteiger charge is -2.34. The van der Waals surface area contributed by atoms with Crippen molar-refractivity contribution in [1.82, 2.24) is 10.2 Å². The maximum Gasteiger partial charge on any atom is 0.0743 e. The Morgan fingerprint density at radius 3 is 2.65 bits per heavy atom. The first-order chi connectivity index (χ1) is 8.11. The van der Waals surface area contributed by atoms with Gasteiger partial charge in [-0.3, -0.25) is 4.90 Å². The monoisotopic (exact) mass is 240 g/mol. The number of hydrogen-bond donors (Lipinski definition) is 2. The summed E-state index contributed by atoms with van der Waals surface area (Å²) in [6, 6.07) is 0.759. The van der Waals surface area contributed by atoms with Crippen molar-refractivity contribution in [2.24, 2.45) is 5.92 Å². The zero-order valence-corrected chi connectivity index (χ0v) is 11.4. The van der Waals surface area contributed by atoms with Gasteiger partial charge in [0.2, 0.25) is 0 Å². The van der Waals surface area contributed by atoms with Crippen LogP contribution in [-0.4, -0.2) is 47.8 Å². The maximum absolute atomic E-state index is 10.2. The molecule has 0 bridgehead atoms. The Morgan fingerprint density at radius 2 is 2.12 bits per heavy atom. The van der Waals surface area contributed by atoms with Gasteiger partial charge in [0.15, 0.2) is 0 Å². The maximum atomic E-state index is 10.2. The van der Waals surface area contributed by atoms with Gasteiger partial charge in [-0.25, -0.2) is 0 Å². The van der Waals surface area contributed by atoms with Crippen LogP contribution in [0, 0.1) is 5.92 Å². The van der Waals surface area contributed by atoms with E-state index in [1.807, 2.05) is 6.92 Å². The molecule has 0 radical (unpaired) electrons. The summed E-state index contributed by atoms with van der Waals surface area (Å²) in [4.78, 5) is 2.54. The fraction of sp³-hybridized carbons (Fsp3) is 1.00. The highest BCUT2D eigenvalue weighted by atomic mass is 16.3. The summed E-state index contributed by atoms with van der Waals surface area (Å²) < 4.78 is 0. The largest absolute Gasteiger partial charge is 0.389 e. The Kier molecular flexibility index (Phi) is 4.45. The Labute approximate surface area is 106 Å². The predicted octanol–water partition coefficient (Wildman–Crippen LogP) is 1.61. The summed E-state index contributed by atoms with van der Waals surface area (Å²) in [5.41, 5.74) is -0.509. The van der Waals surface area contributed by atoms with Crippen LogP contribution in [0.5, 0.6) is 0 Å². The summed E-state index contributed by atoms with van der Waals surface area (Å²) in [7, 11) is 0. The highest BCUT2D eigenvalue weighted by Crippen LogP contribution is 2.30. The molecule has 2 fully saturated rings. The molecule has 1 aliphatic carbocycles. The number of nitrogens with one attached hydrogen (secondary N) is 1. The molecular formula is C14H28N2O. The van der Waals surface area contributed by atoms with Gasteiger partial charge in [0.05, 0.1) is 5.60 Å². The lowest BCUT2D eigenvalue weighted by Crippen LogP contribution is -2.46. The third-order valence-corrected chi connectivity index (χ3v) is 4.26. The first-order valence-corrected chi connectivity index (χ1v) is 7.28. The van der Waals surface area contributed by atoms with Crippen LogP contribution in [0.1, 0.15) is 46.0 Å². The zero-order valence-electron chi connectivity index (χ0n) is 11.4. The SMILES string of the molecule is CCC(C)(O)CN(CC1CCCNC1)C1CC1. The molecule has 3 heteroatoms. The second-order valence-corrected chi connectivity index (χ2v) is 6.22. The van der Waals surface area contributed by atoms with Crippen molar-refractivity contribution in [2.45, 2.75) is 57.6 Å². The molecule has 1 heterocycles. The second-order valence-electron chi connectivity index (χ2n) is 6.22. The van der Waals surface area contributed by atoms with Gasteiger partial charge in [-0.1, -0.05) is 6.92 Å². The van der Waals surface area contributed by atoms with Crippen molar-refractivity contribution in [3.8, 4) is 0 Å². The van der Waals surface area contributed by atoms with Crippen LogP contribution in [0.2, 0.25) is 0 Å². The molecule has 1 aliphatic heterocycles. The number of rotatable bonds is 6. The van der Waals surface area contributed by atoms with E-state index in [1.165, 1.54) is 38.8 Å². The van der Waals surface area contributed by atoms with E-state index < -0.39 is 5.60 Å². The van der Waals surface area contributed by atoms with Crippen LogP contribution in [0.15, 0.2) is 0 Å². The average Bonchev–Trinajstić information content (AvgIpc) is 3.13. The van der Waals surface area contributed by atoms with Crippen LogP contribution < -0.4 is 5.32 Å². The van der Waals surface area contributed by atoms with E-state index in [0.717, 1.165) is 31.5 Å². The van der Waals surface area contributed by atoms with Crippen LogP contribution >= 0.6 is 0 Å². The van der Waals surface area contributed by atoms with Crippen LogP contribution in [0.3, 0.4) is 0 Å². The summed E-state index contributed by atoms with van der Waals surface area (Å²) in [5, 5.41) is 13.7. The Morgan fingerprint density at radius 1 is 1.35 bits per heavy atom. The van der Waals surface area contributed by atoms with E-state index in [-0.39, 0.29) is 0 Å². The minimum absolute atomic E-state index is 0.509. The van der Waals surface area contributed by atoms with Crippen LogP contribution in [0.4, 0.5) is 0 Å². The molecule has 3 nitrogen and oxygen atoms in total. The number of nitrogens with zero attached hydrogens (tertiary/aromatic N) is 1. The van der Waals surface area contributed by atoms with E-state index in [2.05, 4.69) is 17.1 Å². The summed E-state index contributed by atoms with van der Waals surface area (Å²) in [6.45, 7) is 8.43. The van der Waals surface area contributed by atoms with E-state index in [0.29, 0.717) is 0 Å². The summed E-state index contributed by atoms with van der Waals surface area (Å²) in [5.74, 6) is 0.789. The molecule has 2 atom stereocenters. The minimum Gasteiger partial charge on any atom is -0.389 e. The lowest BCUT2D eigenvalue weighted by molar-refractivity contribution is 0.00810. The molecule has 1 saturated carbocycles. The molecule has 100 valence electrons. The standard InChI is InChI=1S/C14H28N2O/c1-3-14(2,17)11-16(13-6-7-13)10-12-5-4-8-15-9-12/h12-13,15,17H,3-11H2,1-2H3. The molecule has 17 heavy (non-hydrogen) atoms. The fourth-order valence-electron chi connectivity index (χ4n) is 2.74. The van der Waals surface area contributed by atoms with E-state index >= 15 is 0 Å². The summed E-state index contributed by atoms with van der Waals surface area (Å²) in [6.07, 6.45) is 6.18. The molecule has 0 aromatic carbocycles. The van der Waals surface area contributed by atoms with Gasteiger partial charge >= 0.3 is 0 Å². The number of piperidine rings is 1. The summed E-state index contributed by atoms with van der Waals surface area (Å²) >= 11 is 0. The van der Waals surface area contributed by atoms with Crippen molar-refractivity contribution in [1.29, 1.82) is 0 Å². The van der Waals surface area contributed by atoms with Crippen molar-refractivity contribution in [3.05, 3.63) is 0 Å². The molecule has 2 N–H and O–H groups in total. The van der Waals surface area contributed by atoms with E-state index in [9.17, 15) is 5.11 Å². The first kappa shape index (κ1) is 13.3. The highest BCUT2D eigenvalue weighted by molar-refractivity contribution is 4.90. The zero-order chi connectivity index (χ0) is 12.3. The molecule has 0 aromatic rings. The van der Waals surface area contributed by atoms with Crippen LogP contribution in [-0.2, 0) is 0 Å². The molecule has 0 spiro atoms. The van der Waals surface area contributed by atoms with Crippen molar-refractivity contribution >= 4 is 0 Å². The topological polar surface area (TPSA) is 35.5 Å². The quantitative estimate of drug-likeness (QED) is 0.740. The van der Waals surface area contributed by atoms with Crippen molar-refractivity contribution in [3.63, 3.8) is 0 Å². The van der Waals surface area contributed by atoms with E-state index in [1.54, 1.807) is 0 Å². The van der Waals surface area contributed by atoms with Gasteiger partial charge in [0, 0.05) is 19.1 Å². The van der Waals surface area contributed by atoms with Gasteiger partial charge in [0.1, 0.15) is 0 Å². The first-order valence-electron chi connectivity index (χ1n) is 7.28. The third-order valence-electron chi connectivity index (χ3n) is 4.26. The molecule has 1 saturated heterocycles. The molecule has 0 amide bonds. The normalized spacial score (nSPS) is 29.3. The molecular weight excluding hydrogens is 212 g/mol. The van der Waals surface area contributed by atoms with Gasteiger partial charge in [-0.05, 0) is 58.0 Å². The van der Waals surface area contributed by atoms with Gasteiger partial charge in [-0.2, -0.15) is 0 Å². The fourth-order valence-corrected chi connectivity index (χ4v) is 2.74. The van der Waals surface area contributed by atoms with Gasteiger partial charge in [0.25, 0.3) is 0 Å².